The van der Waals surface area contributed by atoms with Crippen LogP contribution in [-0.4, -0.2) is 34.9 Å². The van der Waals surface area contributed by atoms with E-state index in [4.69, 9.17) is 0 Å². The molecule has 116 valence electrons. The van der Waals surface area contributed by atoms with Crippen LogP contribution in [0.1, 0.15) is 39.0 Å². The Kier molecular flexibility index (Phi) is 5.03. The molecule has 0 aromatic carbocycles. The molecule has 0 spiro atoms. The smallest absolute Gasteiger partial charge is 0.338 e. The SMILES string of the molecule is CC1CCN(C(=O)C2CCCC(C(F)(F)F)C2)C1CBr. The van der Waals surface area contributed by atoms with Gasteiger partial charge in [0.15, 0.2) is 0 Å². The van der Waals surface area contributed by atoms with Gasteiger partial charge >= 0.3 is 6.18 Å². The maximum atomic E-state index is 12.8. The Balaban J connectivity index is 2.02. The van der Waals surface area contributed by atoms with Crippen LogP contribution in [0.15, 0.2) is 0 Å². The second-order valence-electron chi connectivity index (χ2n) is 6.12. The highest BCUT2D eigenvalue weighted by Gasteiger charge is 2.45. The summed E-state index contributed by atoms with van der Waals surface area (Å²) in [4.78, 5) is 14.3. The second-order valence-corrected chi connectivity index (χ2v) is 6.77. The lowest BCUT2D eigenvalue weighted by molar-refractivity contribution is -0.187. The van der Waals surface area contributed by atoms with E-state index in [1.165, 1.54) is 0 Å². The monoisotopic (exact) mass is 355 g/mol. The molecule has 20 heavy (non-hydrogen) atoms. The van der Waals surface area contributed by atoms with Crippen molar-refractivity contribution >= 4 is 21.8 Å². The van der Waals surface area contributed by atoms with Gasteiger partial charge in [-0.3, -0.25) is 4.79 Å². The predicted molar refractivity (Wildman–Crippen MR) is 74.6 cm³/mol. The van der Waals surface area contributed by atoms with Gasteiger partial charge in [-0.2, -0.15) is 13.2 Å². The maximum absolute atomic E-state index is 12.8. The zero-order valence-corrected chi connectivity index (χ0v) is 13.2. The van der Waals surface area contributed by atoms with Crippen LogP contribution in [0.5, 0.6) is 0 Å². The third-order valence-electron chi connectivity index (χ3n) is 4.81. The van der Waals surface area contributed by atoms with E-state index < -0.39 is 18.0 Å². The summed E-state index contributed by atoms with van der Waals surface area (Å²) in [6.45, 7) is 2.78. The molecule has 0 N–H and O–H groups in total. The average molecular weight is 356 g/mol. The number of hydrogen-bond acceptors (Lipinski definition) is 1. The van der Waals surface area contributed by atoms with Gasteiger partial charge in [0.05, 0.1) is 5.92 Å². The van der Waals surface area contributed by atoms with Crippen LogP contribution >= 0.6 is 15.9 Å². The molecule has 0 radical (unpaired) electrons. The fraction of sp³-hybridized carbons (Fsp3) is 0.929. The van der Waals surface area contributed by atoms with E-state index in [0.29, 0.717) is 30.6 Å². The molecule has 1 aliphatic heterocycles. The average Bonchev–Trinajstić information content (AvgIpc) is 2.78. The zero-order chi connectivity index (χ0) is 14.9. The zero-order valence-electron chi connectivity index (χ0n) is 11.6. The van der Waals surface area contributed by atoms with Crippen LogP contribution in [-0.2, 0) is 4.79 Å². The summed E-state index contributed by atoms with van der Waals surface area (Å²) in [6.07, 6.45) is -1.97. The van der Waals surface area contributed by atoms with Crippen LogP contribution in [0.25, 0.3) is 0 Å². The molecule has 1 heterocycles. The first-order valence-corrected chi connectivity index (χ1v) is 8.40. The van der Waals surface area contributed by atoms with E-state index in [1.807, 2.05) is 4.90 Å². The van der Waals surface area contributed by atoms with E-state index in [1.54, 1.807) is 0 Å². The molecule has 2 nitrogen and oxygen atoms in total. The van der Waals surface area contributed by atoms with Crippen molar-refractivity contribution in [2.45, 2.75) is 51.2 Å². The summed E-state index contributed by atoms with van der Waals surface area (Å²) < 4.78 is 38.5. The molecule has 4 unspecified atom stereocenters. The normalized spacial score (nSPS) is 35.4. The summed E-state index contributed by atoms with van der Waals surface area (Å²) in [5, 5.41) is 0.704. The molecule has 2 aliphatic rings. The molecule has 1 saturated carbocycles. The van der Waals surface area contributed by atoms with Gasteiger partial charge in [0.2, 0.25) is 5.91 Å². The van der Waals surface area contributed by atoms with E-state index in [9.17, 15) is 18.0 Å². The number of halogens is 4. The maximum Gasteiger partial charge on any atom is 0.391 e. The quantitative estimate of drug-likeness (QED) is 0.686. The first-order chi connectivity index (χ1) is 9.34. The van der Waals surface area contributed by atoms with Crippen molar-refractivity contribution in [3.05, 3.63) is 0 Å². The van der Waals surface area contributed by atoms with E-state index >= 15 is 0 Å². The van der Waals surface area contributed by atoms with Crippen molar-refractivity contribution in [2.75, 3.05) is 11.9 Å². The molecule has 0 aromatic heterocycles. The molecule has 1 amide bonds. The number of rotatable bonds is 2. The third-order valence-corrected chi connectivity index (χ3v) is 5.47. The first kappa shape index (κ1) is 16.1. The van der Waals surface area contributed by atoms with Gasteiger partial charge in [-0.1, -0.05) is 29.3 Å². The van der Waals surface area contributed by atoms with Crippen LogP contribution in [0.2, 0.25) is 0 Å². The van der Waals surface area contributed by atoms with Crippen molar-refractivity contribution in [3.63, 3.8) is 0 Å². The lowest BCUT2D eigenvalue weighted by Crippen LogP contribution is -2.44. The lowest BCUT2D eigenvalue weighted by Gasteiger charge is -2.34. The number of alkyl halides is 4. The Labute approximate surface area is 126 Å². The highest BCUT2D eigenvalue weighted by Crippen LogP contribution is 2.41. The van der Waals surface area contributed by atoms with Gasteiger partial charge in [0.25, 0.3) is 0 Å². The summed E-state index contributed by atoms with van der Waals surface area (Å²) in [5.41, 5.74) is 0. The van der Waals surface area contributed by atoms with Crippen molar-refractivity contribution in [3.8, 4) is 0 Å². The summed E-state index contributed by atoms with van der Waals surface area (Å²) in [7, 11) is 0. The topological polar surface area (TPSA) is 20.3 Å². The number of nitrogens with zero attached hydrogens (tertiary/aromatic N) is 1. The highest BCUT2D eigenvalue weighted by molar-refractivity contribution is 9.09. The molecule has 0 bridgehead atoms. The first-order valence-electron chi connectivity index (χ1n) is 7.27. The van der Waals surface area contributed by atoms with E-state index in [0.717, 1.165) is 6.42 Å². The number of amides is 1. The Morgan fingerprint density at radius 2 is 2.00 bits per heavy atom. The summed E-state index contributed by atoms with van der Waals surface area (Å²) in [6, 6.07) is 0.133. The second kappa shape index (κ2) is 6.24. The van der Waals surface area contributed by atoms with E-state index in [2.05, 4.69) is 22.9 Å². The van der Waals surface area contributed by atoms with Gasteiger partial charge in [0.1, 0.15) is 0 Å². The van der Waals surface area contributed by atoms with Gasteiger partial charge in [-0.25, -0.2) is 0 Å². The van der Waals surface area contributed by atoms with Crippen LogP contribution in [0, 0.1) is 17.8 Å². The molecule has 1 aliphatic carbocycles. The van der Waals surface area contributed by atoms with Crippen molar-refractivity contribution in [1.29, 1.82) is 0 Å². The minimum Gasteiger partial charge on any atom is -0.338 e. The predicted octanol–water partition coefficient (Wildman–Crippen LogP) is 3.99. The van der Waals surface area contributed by atoms with Crippen molar-refractivity contribution < 1.29 is 18.0 Å². The Bertz CT molecular complexity index is 361. The lowest BCUT2D eigenvalue weighted by atomic mass is 9.80. The van der Waals surface area contributed by atoms with Crippen LogP contribution in [0.4, 0.5) is 13.2 Å². The number of carbonyl (C=O) groups is 1. The van der Waals surface area contributed by atoms with Gasteiger partial charge in [-0.15, -0.1) is 0 Å². The fourth-order valence-corrected chi connectivity index (χ4v) is 4.45. The standard InChI is InChI=1S/C14H21BrF3NO/c1-9-5-6-19(12(9)8-15)13(20)10-3-2-4-11(7-10)14(16,17)18/h9-12H,2-8H2,1H3. The van der Waals surface area contributed by atoms with Crippen molar-refractivity contribution in [2.24, 2.45) is 17.8 Å². The molecule has 2 fully saturated rings. The van der Waals surface area contributed by atoms with Gasteiger partial charge < -0.3 is 4.90 Å². The number of carbonyl (C=O) groups excluding carboxylic acids is 1. The highest BCUT2D eigenvalue weighted by atomic mass is 79.9. The minimum atomic E-state index is -4.16. The Morgan fingerprint density at radius 3 is 2.60 bits per heavy atom. The molecular weight excluding hydrogens is 335 g/mol. The van der Waals surface area contributed by atoms with Crippen molar-refractivity contribution in [1.82, 2.24) is 4.90 Å². The summed E-state index contributed by atoms with van der Waals surface area (Å²) >= 11 is 3.42. The molecule has 2 rings (SSSR count). The fourth-order valence-electron chi connectivity index (χ4n) is 3.46. The molecule has 0 aromatic rings. The Morgan fingerprint density at radius 1 is 1.30 bits per heavy atom. The number of hydrogen-bond donors (Lipinski definition) is 0. The van der Waals surface area contributed by atoms with E-state index in [-0.39, 0.29) is 24.8 Å². The Hall–Kier alpha value is -0.260. The minimum absolute atomic E-state index is 0.0256. The number of likely N-dealkylation sites (tertiary alicyclic amines) is 1. The van der Waals surface area contributed by atoms with Gasteiger partial charge in [-0.05, 0) is 31.6 Å². The molecule has 1 saturated heterocycles. The van der Waals surface area contributed by atoms with Gasteiger partial charge in [0, 0.05) is 23.8 Å². The van der Waals surface area contributed by atoms with Crippen LogP contribution < -0.4 is 0 Å². The third kappa shape index (κ3) is 3.31. The molecular formula is C14H21BrF3NO. The van der Waals surface area contributed by atoms with Crippen LogP contribution in [0.3, 0.4) is 0 Å². The summed E-state index contributed by atoms with van der Waals surface area (Å²) in [5.74, 6) is -1.39. The largest absolute Gasteiger partial charge is 0.391 e. The molecule has 6 heteroatoms. The molecule has 4 atom stereocenters.